The molecule has 0 saturated carbocycles. The maximum absolute atomic E-state index is 2.73. The van der Waals surface area contributed by atoms with Crippen molar-refractivity contribution < 1.29 is 45.1 Å². The Morgan fingerprint density at radius 1 is 0.512 bits per heavy atom. The van der Waals surface area contributed by atoms with Gasteiger partial charge in [0.25, 0.3) is 0 Å². The van der Waals surface area contributed by atoms with Crippen molar-refractivity contribution in [3.8, 4) is 22.3 Å². The van der Waals surface area contributed by atoms with Gasteiger partial charge >= 0.3 is 253 Å². The molecule has 220 valence electrons. The van der Waals surface area contributed by atoms with Crippen molar-refractivity contribution in [1.29, 1.82) is 0 Å². The van der Waals surface area contributed by atoms with Gasteiger partial charge in [-0.15, -0.1) is 0 Å². The molecule has 2 atom stereocenters. The Bertz CT molecular complexity index is 1670. The number of fused-ring (bicyclic) bond motifs is 2. The van der Waals surface area contributed by atoms with Gasteiger partial charge in [0.2, 0.25) is 0 Å². The number of rotatable bonds is 4. The standard InChI is InChI=1S/2C19H19.C2H4.2ClH.Zr/c2*1-12-5-7-16(8-6-12)18-11-14(3)15(4)17-9-13(2)10-19(17)18;1-2;;;/h2*5-11H,1-4H3;1-2H2;2*1H;/q;;;;;+2/p-2. The normalized spacial score (nSPS) is 18.3. The SMILES string of the molecule is CC1=Cc2c(-c3ccc(C)cc3)cc(C)c(C)c2[CH]1[Zr+2]1([CH]2C(C)=Cc3c(-c4ccc(C)cc4)cc(C)c(C)c32)[CH2][CH2]1.[Cl-].[Cl-]. The van der Waals surface area contributed by atoms with Gasteiger partial charge in [-0.25, -0.2) is 0 Å². The van der Waals surface area contributed by atoms with Crippen LogP contribution in [-0.2, 0) is 20.3 Å². The molecule has 0 amide bonds. The van der Waals surface area contributed by atoms with Crippen LogP contribution in [0.15, 0.2) is 71.8 Å². The maximum Gasteiger partial charge on any atom is -1.00 e. The van der Waals surface area contributed by atoms with E-state index in [-0.39, 0.29) is 24.8 Å². The Kier molecular flexibility index (Phi) is 8.72. The third-order valence-corrected chi connectivity index (χ3v) is 24.2. The van der Waals surface area contributed by atoms with E-state index >= 15 is 0 Å². The van der Waals surface area contributed by atoms with Gasteiger partial charge in [0.05, 0.1) is 0 Å². The number of aryl methyl sites for hydroxylation is 4. The maximum atomic E-state index is 2.59. The quantitative estimate of drug-likeness (QED) is 0.267. The van der Waals surface area contributed by atoms with Crippen LogP contribution in [0, 0.1) is 41.5 Å². The largest absolute Gasteiger partial charge is 1.00 e. The number of allylic oxidation sites excluding steroid dienone is 2. The molecule has 4 aromatic carbocycles. The predicted octanol–water partition coefficient (Wildman–Crippen LogP) is 5.50. The fourth-order valence-electron chi connectivity index (χ4n) is 8.37. The van der Waals surface area contributed by atoms with Gasteiger partial charge in [-0.05, 0) is 0 Å². The van der Waals surface area contributed by atoms with Crippen molar-refractivity contribution in [2.75, 3.05) is 0 Å². The molecule has 4 aromatic rings. The Morgan fingerprint density at radius 2 is 0.860 bits per heavy atom. The predicted molar refractivity (Wildman–Crippen MR) is 175 cm³/mol. The summed E-state index contributed by atoms with van der Waals surface area (Å²) in [4.78, 5) is 0. The van der Waals surface area contributed by atoms with E-state index in [1.807, 2.05) is 0 Å². The Labute approximate surface area is 275 Å². The topological polar surface area (TPSA) is 0 Å². The monoisotopic (exact) mass is 682 g/mol. The Hall–Kier alpha value is -2.18. The van der Waals surface area contributed by atoms with Crippen LogP contribution in [0.1, 0.15) is 76.7 Å². The molecule has 7 rings (SSSR count). The smallest absolute Gasteiger partial charge is 1.00 e. The molecule has 0 aromatic heterocycles. The minimum absolute atomic E-state index is 0. The summed E-state index contributed by atoms with van der Waals surface area (Å²) in [5.41, 5.74) is 23.9. The van der Waals surface area contributed by atoms with Crippen molar-refractivity contribution in [3.63, 3.8) is 0 Å². The van der Waals surface area contributed by atoms with E-state index in [1.165, 1.54) is 75.0 Å². The van der Waals surface area contributed by atoms with Crippen molar-refractivity contribution in [1.82, 2.24) is 0 Å². The number of benzene rings is 4. The van der Waals surface area contributed by atoms with E-state index in [4.69, 9.17) is 0 Å². The van der Waals surface area contributed by atoms with Crippen LogP contribution < -0.4 is 24.8 Å². The number of hydrogen-bond donors (Lipinski definition) is 0. The first-order valence-electron chi connectivity index (χ1n) is 15.4. The zero-order valence-corrected chi connectivity index (χ0v) is 30.7. The molecule has 2 unspecified atom stereocenters. The summed E-state index contributed by atoms with van der Waals surface area (Å²) < 4.78 is 4.34. The third kappa shape index (κ3) is 4.99. The summed E-state index contributed by atoms with van der Waals surface area (Å²) >= 11 is -2.73. The third-order valence-electron chi connectivity index (χ3n) is 10.8. The van der Waals surface area contributed by atoms with E-state index in [0.29, 0.717) is 7.25 Å². The Morgan fingerprint density at radius 3 is 1.19 bits per heavy atom. The first-order valence-corrected chi connectivity index (χ1v) is 21.7. The van der Waals surface area contributed by atoms with Gasteiger partial charge in [0.15, 0.2) is 0 Å². The summed E-state index contributed by atoms with van der Waals surface area (Å²) in [5, 5.41) is 0. The molecule has 2 aliphatic carbocycles. The summed E-state index contributed by atoms with van der Waals surface area (Å²) in [6, 6.07) is 23.3. The van der Waals surface area contributed by atoms with Crippen LogP contribution in [0.2, 0.25) is 8.26 Å². The second-order valence-corrected chi connectivity index (χ2v) is 24.9. The van der Waals surface area contributed by atoms with Gasteiger partial charge in [-0.2, -0.15) is 0 Å². The average Bonchev–Trinajstić information content (AvgIpc) is 3.53. The van der Waals surface area contributed by atoms with Crippen molar-refractivity contribution in [3.05, 3.63) is 127 Å². The zero-order valence-electron chi connectivity index (χ0n) is 26.8. The van der Waals surface area contributed by atoms with Gasteiger partial charge < -0.3 is 24.8 Å². The second-order valence-electron chi connectivity index (χ2n) is 13.5. The molecule has 0 spiro atoms. The first kappa shape index (κ1) is 32.2. The fraction of sp³-hybridized carbons (Fsp3) is 0.300. The van der Waals surface area contributed by atoms with Crippen LogP contribution in [0.5, 0.6) is 0 Å². The van der Waals surface area contributed by atoms with E-state index < -0.39 is 20.3 Å². The first-order chi connectivity index (χ1) is 19.6. The van der Waals surface area contributed by atoms with Gasteiger partial charge in [-0.1, -0.05) is 0 Å². The summed E-state index contributed by atoms with van der Waals surface area (Å²) in [6.07, 6.45) is 5.18. The van der Waals surface area contributed by atoms with Crippen LogP contribution in [0.25, 0.3) is 34.4 Å². The summed E-state index contributed by atoms with van der Waals surface area (Å²) in [6.45, 7) is 18.8. The fourth-order valence-corrected chi connectivity index (χ4v) is 26.5. The van der Waals surface area contributed by atoms with Crippen LogP contribution >= 0.6 is 0 Å². The molecule has 1 fully saturated rings. The average molecular weight is 685 g/mol. The Balaban J connectivity index is 0.00000184. The summed E-state index contributed by atoms with van der Waals surface area (Å²) in [5.74, 6) is 0. The molecular formula is C40H42Cl2Zr. The molecule has 0 N–H and O–H groups in total. The molecule has 0 nitrogen and oxygen atoms in total. The van der Waals surface area contributed by atoms with Gasteiger partial charge in [-0.3, -0.25) is 0 Å². The second kappa shape index (κ2) is 11.6. The van der Waals surface area contributed by atoms with E-state index in [2.05, 4.69) is 128 Å². The molecule has 3 heteroatoms. The van der Waals surface area contributed by atoms with Crippen molar-refractivity contribution in [2.45, 2.75) is 70.9 Å². The molecule has 0 bridgehead atoms. The molecule has 43 heavy (non-hydrogen) atoms. The number of hydrogen-bond acceptors (Lipinski definition) is 0. The van der Waals surface area contributed by atoms with Crippen molar-refractivity contribution >= 4 is 12.2 Å². The van der Waals surface area contributed by atoms with Crippen LogP contribution in [0.4, 0.5) is 0 Å². The van der Waals surface area contributed by atoms with E-state index in [9.17, 15) is 0 Å². The summed E-state index contributed by atoms with van der Waals surface area (Å²) in [7, 11) is 0. The minimum Gasteiger partial charge on any atom is -1.00 e. The van der Waals surface area contributed by atoms with Crippen molar-refractivity contribution in [2.24, 2.45) is 0 Å². The van der Waals surface area contributed by atoms with E-state index in [0.717, 1.165) is 0 Å². The van der Waals surface area contributed by atoms with E-state index in [1.54, 1.807) is 22.3 Å². The molecule has 3 aliphatic rings. The number of halogens is 2. The van der Waals surface area contributed by atoms with Gasteiger partial charge in [0, 0.05) is 0 Å². The molecule has 1 heterocycles. The molecule has 1 saturated heterocycles. The van der Waals surface area contributed by atoms with Crippen LogP contribution in [0.3, 0.4) is 0 Å². The zero-order chi connectivity index (χ0) is 28.8. The molecule has 0 radical (unpaired) electrons. The van der Waals surface area contributed by atoms with Gasteiger partial charge in [0.1, 0.15) is 0 Å². The molecular weight excluding hydrogens is 643 g/mol. The molecule has 1 aliphatic heterocycles. The van der Waals surface area contributed by atoms with Crippen LogP contribution in [-0.4, -0.2) is 0 Å². The minimum atomic E-state index is -2.73.